The Morgan fingerprint density at radius 2 is 2.12 bits per heavy atom. The summed E-state index contributed by atoms with van der Waals surface area (Å²) in [5.41, 5.74) is 1.59. The molecule has 16 heavy (non-hydrogen) atoms. The minimum atomic E-state index is 0.201. The molecule has 1 aromatic carbocycles. The van der Waals surface area contributed by atoms with Gasteiger partial charge in [0.05, 0.1) is 4.47 Å². The highest BCUT2D eigenvalue weighted by atomic mass is 79.9. The van der Waals surface area contributed by atoms with Crippen molar-refractivity contribution in [3.05, 3.63) is 34.8 Å². The van der Waals surface area contributed by atoms with Crippen LogP contribution in [0.25, 0.3) is 11.3 Å². The van der Waals surface area contributed by atoms with E-state index in [0.29, 0.717) is 10.4 Å². The minimum Gasteiger partial charge on any atom is -0.507 e. The summed E-state index contributed by atoms with van der Waals surface area (Å²) in [6, 6.07) is 5.33. The molecule has 1 N–H and O–H groups in total. The smallest absolute Gasteiger partial charge is 0.197 e. The third-order valence-electron chi connectivity index (χ3n) is 2.26. The van der Waals surface area contributed by atoms with Gasteiger partial charge in [-0.2, -0.15) is 0 Å². The van der Waals surface area contributed by atoms with E-state index in [1.165, 1.54) is 0 Å². The van der Waals surface area contributed by atoms with Crippen LogP contribution in [0.4, 0.5) is 0 Å². The zero-order chi connectivity index (χ0) is 11.7. The van der Waals surface area contributed by atoms with E-state index in [1.54, 1.807) is 18.4 Å². The van der Waals surface area contributed by atoms with E-state index < -0.39 is 0 Å². The van der Waals surface area contributed by atoms with E-state index in [1.807, 2.05) is 19.9 Å². The number of phenolic OH excluding ortho intramolecular Hbond substituents is 1. The second-order valence-corrected chi connectivity index (χ2v) is 4.75. The Kier molecular flexibility index (Phi) is 3.01. The first kappa shape index (κ1) is 11.2. The molecule has 0 aliphatic heterocycles. The fourth-order valence-electron chi connectivity index (χ4n) is 1.36. The van der Waals surface area contributed by atoms with Crippen LogP contribution in [0, 0.1) is 0 Å². The molecule has 0 aliphatic carbocycles. The average molecular weight is 282 g/mol. The van der Waals surface area contributed by atoms with E-state index in [0.717, 1.165) is 11.3 Å². The Balaban J connectivity index is 2.39. The molecule has 2 rings (SSSR count). The highest BCUT2D eigenvalue weighted by Gasteiger charge is 2.10. The summed E-state index contributed by atoms with van der Waals surface area (Å²) in [4.78, 5) is 4.36. The van der Waals surface area contributed by atoms with Gasteiger partial charge >= 0.3 is 0 Å². The summed E-state index contributed by atoms with van der Waals surface area (Å²) in [5.74, 6) is 1.17. The maximum atomic E-state index is 9.57. The molecule has 0 radical (unpaired) electrons. The lowest BCUT2D eigenvalue weighted by Gasteiger charge is -1.99. The van der Waals surface area contributed by atoms with Crippen molar-refractivity contribution >= 4 is 15.9 Å². The quantitative estimate of drug-likeness (QED) is 0.907. The normalized spacial score (nSPS) is 11.0. The Labute approximate surface area is 102 Å². The lowest BCUT2D eigenvalue weighted by atomic mass is 10.1. The highest BCUT2D eigenvalue weighted by Crippen LogP contribution is 2.30. The van der Waals surface area contributed by atoms with Crippen LogP contribution in [0.2, 0.25) is 0 Å². The predicted molar refractivity (Wildman–Crippen MR) is 65.4 cm³/mol. The Morgan fingerprint density at radius 1 is 1.38 bits per heavy atom. The summed E-state index contributed by atoms with van der Waals surface area (Å²) < 4.78 is 6.02. The number of phenols is 1. The number of benzene rings is 1. The SMILES string of the molecule is CC(C)c1nc(-c2ccc(Br)c(O)c2)co1. The first-order chi connectivity index (χ1) is 7.58. The first-order valence-electron chi connectivity index (χ1n) is 5.02. The molecule has 3 nitrogen and oxygen atoms in total. The largest absolute Gasteiger partial charge is 0.507 e. The third-order valence-corrected chi connectivity index (χ3v) is 2.93. The van der Waals surface area contributed by atoms with Gasteiger partial charge in [0, 0.05) is 11.5 Å². The molecule has 0 aliphatic rings. The molecule has 0 bridgehead atoms. The number of hydrogen-bond donors (Lipinski definition) is 1. The van der Waals surface area contributed by atoms with Gasteiger partial charge in [0.15, 0.2) is 5.89 Å². The third kappa shape index (κ3) is 2.11. The predicted octanol–water partition coefficient (Wildman–Crippen LogP) is 3.93. The van der Waals surface area contributed by atoms with Crippen molar-refractivity contribution in [1.29, 1.82) is 0 Å². The second-order valence-electron chi connectivity index (χ2n) is 3.89. The molecule has 0 atom stereocenters. The van der Waals surface area contributed by atoms with E-state index >= 15 is 0 Å². The lowest BCUT2D eigenvalue weighted by Crippen LogP contribution is -1.86. The van der Waals surface area contributed by atoms with Crippen molar-refractivity contribution < 1.29 is 9.52 Å². The van der Waals surface area contributed by atoms with Crippen LogP contribution >= 0.6 is 15.9 Å². The van der Waals surface area contributed by atoms with Gasteiger partial charge in [0.25, 0.3) is 0 Å². The van der Waals surface area contributed by atoms with Crippen molar-refractivity contribution in [2.45, 2.75) is 19.8 Å². The molecular formula is C12H12BrNO2. The van der Waals surface area contributed by atoms with E-state index in [9.17, 15) is 5.11 Å². The van der Waals surface area contributed by atoms with Gasteiger partial charge in [-0.3, -0.25) is 0 Å². The summed E-state index contributed by atoms with van der Waals surface area (Å²) in [5, 5.41) is 9.57. The fourth-order valence-corrected chi connectivity index (χ4v) is 1.60. The van der Waals surface area contributed by atoms with Crippen molar-refractivity contribution in [3.8, 4) is 17.0 Å². The molecule has 1 aromatic heterocycles. The van der Waals surface area contributed by atoms with Crippen LogP contribution in [-0.4, -0.2) is 10.1 Å². The van der Waals surface area contributed by atoms with Gasteiger partial charge < -0.3 is 9.52 Å². The molecule has 0 spiro atoms. The second kappa shape index (κ2) is 4.29. The van der Waals surface area contributed by atoms with Gasteiger partial charge in [-0.1, -0.05) is 19.9 Å². The molecule has 1 heterocycles. The van der Waals surface area contributed by atoms with Crippen molar-refractivity contribution in [2.75, 3.05) is 0 Å². The van der Waals surface area contributed by atoms with Crippen LogP contribution in [-0.2, 0) is 0 Å². The van der Waals surface area contributed by atoms with Gasteiger partial charge in [-0.15, -0.1) is 0 Å². The lowest BCUT2D eigenvalue weighted by molar-refractivity contribution is 0.471. The van der Waals surface area contributed by atoms with Crippen LogP contribution in [0.15, 0.2) is 33.4 Å². The van der Waals surface area contributed by atoms with Crippen molar-refractivity contribution in [3.63, 3.8) is 0 Å². The zero-order valence-electron chi connectivity index (χ0n) is 9.07. The number of aromatic nitrogens is 1. The van der Waals surface area contributed by atoms with Crippen molar-refractivity contribution in [1.82, 2.24) is 4.98 Å². The maximum Gasteiger partial charge on any atom is 0.197 e. The van der Waals surface area contributed by atoms with Gasteiger partial charge in [-0.25, -0.2) is 4.98 Å². The minimum absolute atomic E-state index is 0.201. The number of aromatic hydroxyl groups is 1. The molecule has 0 saturated heterocycles. The molecule has 4 heteroatoms. The first-order valence-corrected chi connectivity index (χ1v) is 5.81. The standard InChI is InChI=1S/C12H12BrNO2/c1-7(2)12-14-10(6-16-12)8-3-4-9(13)11(15)5-8/h3-7,15H,1-2H3. The molecule has 0 amide bonds. The zero-order valence-corrected chi connectivity index (χ0v) is 10.7. The van der Waals surface area contributed by atoms with Crippen molar-refractivity contribution in [2.24, 2.45) is 0 Å². The van der Waals surface area contributed by atoms with Gasteiger partial charge in [0.1, 0.15) is 17.7 Å². The van der Waals surface area contributed by atoms with E-state index in [2.05, 4.69) is 20.9 Å². The number of halogens is 1. The highest BCUT2D eigenvalue weighted by molar-refractivity contribution is 9.10. The molecule has 0 saturated carbocycles. The van der Waals surface area contributed by atoms with Gasteiger partial charge in [-0.05, 0) is 28.1 Å². The number of nitrogens with zero attached hydrogens (tertiary/aromatic N) is 1. The number of hydrogen-bond acceptors (Lipinski definition) is 3. The Hall–Kier alpha value is -1.29. The van der Waals surface area contributed by atoms with E-state index in [-0.39, 0.29) is 11.7 Å². The van der Waals surface area contributed by atoms with Crippen LogP contribution in [0.5, 0.6) is 5.75 Å². The Bertz CT molecular complexity index is 505. The molecule has 84 valence electrons. The maximum absolute atomic E-state index is 9.57. The summed E-state index contributed by atoms with van der Waals surface area (Å²) in [7, 11) is 0. The van der Waals surface area contributed by atoms with Crippen LogP contribution in [0.3, 0.4) is 0 Å². The number of oxazole rings is 1. The van der Waals surface area contributed by atoms with E-state index in [4.69, 9.17) is 4.42 Å². The fraction of sp³-hybridized carbons (Fsp3) is 0.250. The molecule has 2 aromatic rings. The summed E-state index contributed by atoms with van der Waals surface area (Å²) >= 11 is 3.24. The molecular weight excluding hydrogens is 270 g/mol. The summed E-state index contributed by atoms with van der Waals surface area (Å²) in [6.45, 7) is 4.04. The van der Waals surface area contributed by atoms with Gasteiger partial charge in [0.2, 0.25) is 0 Å². The monoisotopic (exact) mass is 281 g/mol. The Morgan fingerprint density at radius 3 is 2.69 bits per heavy atom. The molecule has 0 unspecified atom stereocenters. The molecule has 0 fully saturated rings. The average Bonchev–Trinajstić information content (AvgIpc) is 2.71. The summed E-state index contributed by atoms with van der Waals surface area (Å²) in [6.07, 6.45) is 1.61. The van der Waals surface area contributed by atoms with Crippen LogP contribution in [0.1, 0.15) is 25.7 Å². The van der Waals surface area contributed by atoms with Crippen LogP contribution < -0.4 is 0 Å². The topological polar surface area (TPSA) is 46.3 Å². The number of rotatable bonds is 2.